The van der Waals surface area contributed by atoms with Crippen LogP contribution >= 0.6 is 11.8 Å². The number of methoxy groups -OCH3 is 1. The molecule has 0 unspecified atom stereocenters. The fourth-order valence-electron chi connectivity index (χ4n) is 4.21. The molecular formula is C31H31NO4S. The molecule has 0 radical (unpaired) electrons. The Balaban J connectivity index is 1.49. The van der Waals surface area contributed by atoms with Crippen LogP contribution in [0, 0.1) is 0 Å². The number of benzene rings is 4. The Bertz CT molecular complexity index is 1210. The largest absolute Gasteiger partial charge is 0.497 e. The van der Waals surface area contributed by atoms with Gasteiger partial charge in [-0.3, -0.25) is 4.79 Å². The summed E-state index contributed by atoms with van der Waals surface area (Å²) in [5.74, 6) is 1.91. The van der Waals surface area contributed by atoms with Crippen LogP contribution in [0.5, 0.6) is 11.5 Å². The van der Waals surface area contributed by atoms with Gasteiger partial charge < -0.3 is 19.9 Å². The fraction of sp³-hybridized carbons (Fsp3) is 0.194. The standard InChI is InChI=1S/C31H31NO4S/c1-35-28-18-14-27(15-19-28)31(25-8-4-2-5-9-25,26-10-6-3-7-11-26)37-21-20-32-30(34)23-36-29-16-12-24(22-33)13-17-29/h2-19,33H,20-23H2,1H3,(H,32,34). The molecule has 4 rings (SSSR count). The van der Waals surface area contributed by atoms with Gasteiger partial charge in [0.1, 0.15) is 11.5 Å². The zero-order valence-corrected chi connectivity index (χ0v) is 21.6. The zero-order chi connectivity index (χ0) is 25.9. The van der Waals surface area contributed by atoms with E-state index in [1.165, 1.54) is 0 Å². The number of aliphatic hydroxyl groups is 1. The number of hydrogen-bond donors (Lipinski definition) is 2. The van der Waals surface area contributed by atoms with Crippen LogP contribution in [0.25, 0.3) is 0 Å². The Kier molecular flexibility index (Phi) is 9.24. The van der Waals surface area contributed by atoms with Crippen molar-refractivity contribution in [2.24, 2.45) is 0 Å². The topological polar surface area (TPSA) is 67.8 Å². The summed E-state index contributed by atoms with van der Waals surface area (Å²) in [6.07, 6.45) is 0. The van der Waals surface area contributed by atoms with Gasteiger partial charge in [0.15, 0.2) is 6.61 Å². The number of carbonyl (C=O) groups is 1. The minimum Gasteiger partial charge on any atom is -0.497 e. The Morgan fingerprint density at radius 2 is 1.32 bits per heavy atom. The van der Waals surface area contributed by atoms with Gasteiger partial charge in [0, 0.05) is 12.3 Å². The number of rotatable bonds is 12. The predicted molar refractivity (Wildman–Crippen MR) is 149 cm³/mol. The third kappa shape index (κ3) is 6.53. The lowest BCUT2D eigenvalue weighted by molar-refractivity contribution is -0.122. The first kappa shape index (κ1) is 26.3. The number of ether oxygens (including phenoxy) is 2. The van der Waals surface area contributed by atoms with E-state index in [1.54, 1.807) is 43.1 Å². The third-order valence-corrected chi connectivity index (χ3v) is 7.62. The van der Waals surface area contributed by atoms with Crippen molar-refractivity contribution in [1.82, 2.24) is 5.32 Å². The van der Waals surface area contributed by atoms with E-state index in [-0.39, 0.29) is 19.1 Å². The molecule has 0 spiro atoms. The summed E-state index contributed by atoms with van der Waals surface area (Å²) in [6, 6.07) is 36.1. The van der Waals surface area contributed by atoms with Gasteiger partial charge in [-0.2, -0.15) is 0 Å². The molecule has 4 aromatic rings. The number of amides is 1. The quantitative estimate of drug-likeness (QED) is 0.196. The normalized spacial score (nSPS) is 11.1. The van der Waals surface area contributed by atoms with E-state index in [0.717, 1.165) is 28.0 Å². The summed E-state index contributed by atoms with van der Waals surface area (Å²) in [6.45, 7) is 0.403. The first-order valence-corrected chi connectivity index (χ1v) is 13.1. The van der Waals surface area contributed by atoms with Gasteiger partial charge in [0.05, 0.1) is 18.5 Å². The minimum absolute atomic E-state index is 0.0254. The van der Waals surface area contributed by atoms with Gasteiger partial charge in [0.25, 0.3) is 5.91 Å². The van der Waals surface area contributed by atoms with E-state index in [0.29, 0.717) is 18.0 Å². The van der Waals surface area contributed by atoms with Crippen molar-refractivity contribution in [2.45, 2.75) is 11.4 Å². The molecule has 0 fully saturated rings. The molecule has 190 valence electrons. The Labute approximate surface area is 222 Å². The monoisotopic (exact) mass is 513 g/mol. The van der Waals surface area contributed by atoms with Crippen LogP contribution in [0.15, 0.2) is 109 Å². The Hall–Kier alpha value is -3.74. The van der Waals surface area contributed by atoms with Gasteiger partial charge in [0.2, 0.25) is 0 Å². The molecule has 5 nitrogen and oxygen atoms in total. The molecule has 2 N–H and O–H groups in total. The molecule has 0 aliphatic rings. The molecule has 0 aliphatic heterocycles. The number of thioether (sulfide) groups is 1. The maximum atomic E-state index is 12.4. The molecule has 6 heteroatoms. The van der Waals surface area contributed by atoms with Gasteiger partial charge in [-0.05, 0) is 46.5 Å². The summed E-state index contributed by atoms with van der Waals surface area (Å²) in [7, 11) is 1.67. The highest BCUT2D eigenvalue weighted by atomic mass is 32.2. The van der Waals surface area contributed by atoms with Crippen LogP contribution in [0.3, 0.4) is 0 Å². The highest BCUT2D eigenvalue weighted by Gasteiger charge is 2.36. The lowest BCUT2D eigenvalue weighted by Crippen LogP contribution is -2.32. The second kappa shape index (κ2) is 13.0. The van der Waals surface area contributed by atoms with Crippen LogP contribution < -0.4 is 14.8 Å². The van der Waals surface area contributed by atoms with Crippen LogP contribution in [0.1, 0.15) is 22.3 Å². The summed E-state index contributed by atoms with van der Waals surface area (Å²) >= 11 is 1.78. The van der Waals surface area contributed by atoms with Crippen molar-refractivity contribution in [3.8, 4) is 11.5 Å². The maximum absolute atomic E-state index is 12.4. The van der Waals surface area contributed by atoms with Crippen molar-refractivity contribution < 1.29 is 19.4 Å². The SMILES string of the molecule is COc1ccc(C(SCCNC(=O)COc2ccc(CO)cc2)(c2ccccc2)c2ccccc2)cc1. The van der Waals surface area contributed by atoms with Gasteiger partial charge in [-0.25, -0.2) is 0 Å². The predicted octanol–water partition coefficient (Wildman–Crippen LogP) is 5.41. The average Bonchev–Trinajstić information content (AvgIpc) is 2.97. The van der Waals surface area contributed by atoms with Crippen molar-refractivity contribution >= 4 is 17.7 Å². The van der Waals surface area contributed by atoms with E-state index in [4.69, 9.17) is 14.6 Å². The molecule has 0 saturated heterocycles. The zero-order valence-electron chi connectivity index (χ0n) is 20.8. The van der Waals surface area contributed by atoms with E-state index >= 15 is 0 Å². The van der Waals surface area contributed by atoms with Crippen molar-refractivity contribution in [2.75, 3.05) is 26.0 Å². The third-order valence-electron chi connectivity index (χ3n) is 6.08. The smallest absolute Gasteiger partial charge is 0.257 e. The number of carbonyl (C=O) groups excluding carboxylic acids is 1. The molecule has 0 bridgehead atoms. The number of hydrogen-bond acceptors (Lipinski definition) is 5. The molecule has 0 saturated carbocycles. The van der Waals surface area contributed by atoms with E-state index in [2.05, 4.69) is 66.0 Å². The van der Waals surface area contributed by atoms with Crippen molar-refractivity contribution in [1.29, 1.82) is 0 Å². The Morgan fingerprint density at radius 3 is 1.86 bits per heavy atom. The minimum atomic E-state index is -0.468. The average molecular weight is 514 g/mol. The number of aliphatic hydroxyl groups excluding tert-OH is 1. The summed E-state index contributed by atoms with van der Waals surface area (Å²) in [5, 5.41) is 12.1. The second-order valence-corrected chi connectivity index (χ2v) is 9.74. The second-order valence-electron chi connectivity index (χ2n) is 8.43. The first-order chi connectivity index (χ1) is 18.2. The van der Waals surface area contributed by atoms with Crippen LogP contribution in [-0.2, 0) is 16.1 Å². The van der Waals surface area contributed by atoms with Crippen molar-refractivity contribution in [3.63, 3.8) is 0 Å². The lowest BCUT2D eigenvalue weighted by atomic mass is 9.84. The molecule has 0 aromatic heterocycles. The molecule has 1 amide bonds. The summed E-state index contributed by atoms with van der Waals surface area (Å²) < 4.78 is 10.5. The highest BCUT2D eigenvalue weighted by Crippen LogP contribution is 2.48. The molecule has 0 heterocycles. The van der Waals surface area contributed by atoms with E-state index in [9.17, 15) is 4.79 Å². The molecule has 0 aliphatic carbocycles. The van der Waals surface area contributed by atoms with Gasteiger partial charge >= 0.3 is 0 Å². The fourth-order valence-corrected chi connectivity index (χ4v) is 5.63. The molecule has 0 atom stereocenters. The molecule has 37 heavy (non-hydrogen) atoms. The van der Waals surface area contributed by atoms with Gasteiger partial charge in [-0.1, -0.05) is 84.9 Å². The molecular weight excluding hydrogens is 482 g/mol. The first-order valence-electron chi connectivity index (χ1n) is 12.1. The van der Waals surface area contributed by atoms with Crippen molar-refractivity contribution in [3.05, 3.63) is 131 Å². The molecule has 4 aromatic carbocycles. The summed E-state index contributed by atoms with van der Waals surface area (Å²) in [5.41, 5.74) is 4.26. The van der Waals surface area contributed by atoms with Crippen LogP contribution in [0.2, 0.25) is 0 Å². The maximum Gasteiger partial charge on any atom is 0.257 e. The Morgan fingerprint density at radius 1 is 0.784 bits per heavy atom. The van der Waals surface area contributed by atoms with E-state index in [1.807, 2.05) is 24.3 Å². The highest BCUT2D eigenvalue weighted by molar-refractivity contribution is 8.00. The van der Waals surface area contributed by atoms with E-state index < -0.39 is 4.75 Å². The lowest BCUT2D eigenvalue weighted by Gasteiger charge is -2.35. The number of nitrogens with one attached hydrogen (secondary N) is 1. The van der Waals surface area contributed by atoms with Gasteiger partial charge in [-0.15, -0.1) is 11.8 Å². The van der Waals surface area contributed by atoms with Crippen LogP contribution in [-0.4, -0.2) is 37.0 Å². The van der Waals surface area contributed by atoms with Crippen LogP contribution in [0.4, 0.5) is 0 Å². The summed E-state index contributed by atoms with van der Waals surface area (Å²) in [4.78, 5) is 12.4.